The van der Waals surface area contributed by atoms with Crippen LogP contribution in [0.25, 0.3) is 16.6 Å². The van der Waals surface area contributed by atoms with Crippen molar-refractivity contribution in [3.05, 3.63) is 68.9 Å². The Labute approximate surface area is 113 Å². The molecule has 5 heteroatoms. The lowest BCUT2D eigenvalue weighted by atomic mass is 10.2. The van der Waals surface area contributed by atoms with E-state index in [1.807, 2.05) is 19.1 Å². The van der Waals surface area contributed by atoms with Gasteiger partial charge in [-0.25, -0.2) is 9.36 Å². The maximum absolute atomic E-state index is 12.4. The number of hydrogen-bond donors (Lipinski definition) is 2. The summed E-state index contributed by atoms with van der Waals surface area (Å²) in [6.45, 7) is 1.93. The van der Waals surface area contributed by atoms with Gasteiger partial charge in [0, 0.05) is 6.07 Å². The van der Waals surface area contributed by atoms with Crippen LogP contribution in [0.1, 0.15) is 5.56 Å². The first-order valence-electron chi connectivity index (χ1n) is 6.11. The molecule has 0 saturated heterocycles. The smallest absolute Gasteiger partial charge is 0.333 e. The van der Waals surface area contributed by atoms with Crippen LogP contribution in [0, 0.1) is 6.92 Å². The number of nitrogens with zero attached hydrogens (tertiary/aromatic N) is 1. The summed E-state index contributed by atoms with van der Waals surface area (Å²) in [7, 11) is 0. The third-order valence-corrected chi connectivity index (χ3v) is 3.17. The van der Waals surface area contributed by atoms with Crippen LogP contribution in [0.5, 0.6) is 5.75 Å². The summed E-state index contributed by atoms with van der Waals surface area (Å²) in [4.78, 5) is 27.1. The lowest BCUT2D eigenvalue weighted by Gasteiger charge is -2.07. The molecule has 0 fully saturated rings. The Morgan fingerprint density at radius 2 is 1.75 bits per heavy atom. The molecule has 0 saturated carbocycles. The summed E-state index contributed by atoms with van der Waals surface area (Å²) in [5.41, 5.74) is 0.939. The average molecular weight is 268 g/mol. The number of phenolic OH excluding ortho intramolecular Hbond substituents is 1. The summed E-state index contributed by atoms with van der Waals surface area (Å²) in [5.74, 6) is 0.000589. The highest BCUT2D eigenvalue weighted by molar-refractivity contribution is 5.79. The fourth-order valence-corrected chi connectivity index (χ4v) is 2.13. The molecule has 20 heavy (non-hydrogen) atoms. The Balaban J connectivity index is 2.37. The molecule has 0 aliphatic carbocycles. The number of aromatic hydroxyl groups is 1. The highest BCUT2D eigenvalue weighted by Crippen LogP contribution is 2.14. The SMILES string of the molecule is Cc1ccc(-n2c(=O)[nH]c3cc(O)ccc3c2=O)cc1. The van der Waals surface area contributed by atoms with E-state index in [1.54, 1.807) is 12.1 Å². The summed E-state index contributed by atoms with van der Waals surface area (Å²) >= 11 is 0. The first-order chi connectivity index (χ1) is 9.56. The number of rotatable bonds is 1. The number of hydrogen-bond acceptors (Lipinski definition) is 3. The highest BCUT2D eigenvalue weighted by atomic mass is 16.3. The Bertz CT molecular complexity index is 905. The molecule has 3 aromatic rings. The van der Waals surface area contributed by atoms with Gasteiger partial charge in [-0.05, 0) is 31.2 Å². The van der Waals surface area contributed by atoms with E-state index >= 15 is 0 Å². The van der Waals surface area contributed by atoms with Crippen LogP contribution >= 0.6 is 0 Å². The van der Waals surface area contributed by atoms with E-state index in [4.69, 9.17) is 0 Å². The average Bonchev–Trinajstić information content (AvgIpc) is 2.40. The third-order valence-electron chi connectivity index (χ3n) is 3.17. The second kappa shape index (κ2) is 4.38. The van der Waals surface area contributed by atoms with Gasteiger partial charge in [-0.15, -0.1) is 0 Å². The molecule has 1 aromatic heterocycles. The van der Waals surface area contributed by atoms with E-state index in [1.165, 1.54) is 18.2 Å². The number of nitrogens with one attached hydrogen (secondary N) is 1. The molecule has 1 heterocycles. The van der Waals surface area contributed by atoms with Gasteiger partial charge in [0.2, 0.25) is 0 Å². The predicted octanol–water partition coefficient (Wildman–Crippen LogP) is 1.69. The third kappa shape index (κ3) is 1.89. The van der Waals surface area contributed by atoms with Crippen molar-refractivity contribution in [1.82, 2.24) is 9.55 Å². The zero-order valence-electron chi connectivity index (χ0n) is 10.8. The summed E-state index contributed by atoms with van der Waals surface area (Å²) in [5, 5.41) is 9.75. The Hall–Kier alpha value is -2.82. The van der Waals surface area contributed by atoms with E-state index in [-0.39, 0.29) is 5.75 Å². The van der Waals surface area contributed by atoms with Crippen LogP contribution in [0.2, 0.25) is 0 Å². The van der Waals surface area contributed by atoms with Gasteiger partial charge in [-0.3, -0.25) is 4.79 Å². The van der Waals surface area contributed by atoms with Crippen LogP contribution in [0.4, 0.5) is 0 Å². The number of H-pyrrole nitrogens is 1. The highest BCUT2D eigenvalue weighted by Gasteiger charge is 2.09. The van der Waals surface area contributed by atoms with Crippen LogP contribution in [-0.4, -0.2) is 14.7 Å². The van der Waals surface area contributed by atoms with E-state index < -0.39 is 11.2 Å². The van der Waals surface area contributed by atoms with Gasteiger partial charge in [-0.1, -0.05) is 17.7 Å². The molecule has 0 aliphatic rings. The maximum Gasteiger partial charge on any atom is 0.333 e. The molecule has 100 valence electrons. The van der Waals surface area contributed by atoms with E-state index in [2.05, 4.69) is 4.98 Å². The Kier molecular flexibility index (Phi) is 2.68. The number of aromatic nitrogens is 2. The Morgan fingerprint density at radius 3 is 2.45 bits per heavy atom. The fourth-order valence-electron chi connectivity index (χ4n) is 2.13. The molecule has 3 rings (SSSR count). The second-order valence-corrected chi connectivity index (χ2v) is 4.64. The number of aryl methyl sites for hydroxylation is 1. The molecule has 0 atom stereocenters. The second-order valence-electron chi connectivity index (χ2n) is 4.64. The van der Waals surface area contributed by atoms with Gasteiger partial charge in [0.15, 0.2) is 0 Å². The van der Waals surface area contributed by atoms with Crippen molar-refractivity contribution < 1.29 is 5.11 Å². The minimum atomic E-state index is -0.531. The molecule has 0 unspecified atom stereocenters. The fraction of sp³-hybridized carbons (Fsp3) is 0.0667. The van der Waals surface area contributed by atoms with Crippen LogP contribution in [0.3, 0.4) is 0 Å². The van der Waals surface area contributed by atoms with Crippen LogP contribution in [0.15, 0.2) is 52.1 Å². The predicted molar refractivity (Wildman–Crippen MR) is 76.6 cm³/mol. The van der Waals surface area contributed by atoms with Crippen molar-refractivity contribution in [1.29, 1.82) is 0 Å². The van der Waals surface area contributed by atoms with Crippen LogP contribution in [-0.2, 0) is 0 Å². The lowest BCUT2D eigenvalue weighted by molar-refractivity contribution is 0.476. The van der Waals surface area contributed by atoms with Gasteiger partial charge < -0.3 is 10.1 Å². The number of benzene rings is 2. The quantitative estimate of drug-likeness (QED) is 0.705. The maximum atomic E-state index is 12.4. The molecule has 5 nitrogen and oxygen atoms in total. The number of phenols is 1. The van der Waals surface area contributed by atoms with Crippen molar-refractivity contribution in [2.45, 2.75) is 6.92 Å². The largest absolute Gasteiger partial charge is 0.508 e. The van der Waals surface area contributed by atoms with Crippen molar-refractivity contribution >= 4 is 10.9 Å². The first-order valence-corrected chi connectivity index (χ1v) is 6.11. The molecule has 0 aliphatic heterocycles. The summed E-state index contributed by atoms with van der Waals surface area (Å²) in [6.07, 6.45) is 0. The van der Waals surface area contributed by atoms with Crippen molar-refractivity contribution in [2.75, 3.05) is 0 Å². The van der Waals surface area contributed by atoms with Gasteiger partial charge in [0.05, 0.1) is 16.6 Å². The molecule has 0 bridgehead atoms. The van der Waals surface area contributed by atoms with Gasteiger partial charge in [-0.2, -0.15) is 0 Å². The minimum absolute atomic E-state index is 0.000589. The van der Waals surface area contributed by atoms with Gasteiger partial charge in [0.1, 0.15) is 5.75 Å². The topological polar surface area (TPSA) is 75.1 Å². The zero-order valence-corrected chi connectivity index (χ0v) is 10.8. The van der Waals surface area contributed by atoms with Crippen molar-refractivity contribution in [3.8, 4) is 11.4 Å². The zero-order chi connectivity index (χ0) is 14.3. The normalized spacial score (nSPS) is 10.8. The van der Waals surface area contributed by atoms with E-state index in [0.717, 1.165) is 10.1 Å². The molecule has 0 radical (unpaired) electrons. The minimum Gasteiger partial charge on any atom is -0.508 e. The van der Waals surface area contributed by atoms with Crippen LogP contribution < -0.4 is 11.2 Å². The van der Waals surface area contributed by atoms with Crippen molar-refractivity contribution in [2.24, 2.45) is 0 Å². The van der Waals surface area contributed by atoms with Gasteiger partial charge >= 0.3 is 5.69 Å². The standard InChI is InChI=1S/C15H12N2O3/c1-9-2-4-10(5-3-9)17-14(19)12-7-6-11(18)8-13(12)16-15(17)20/h2-8,18H,1H3,(H,16,20). The molecule has 2 N–H and O–H groups in total. The first kappa shape index (κ1) is 12.2. The molecule has 0 amide bonds. The number of fused-ring (bicyclic) bond motifs is 1. The molecular weight excluding hydrogens is 256 g/mol. The molecular formula is C15H12N2O3. The molecule has 2 aromatic carbocycles. The van der Waals surface area contributed by atoms with E-state index in [9.17, 15) is 14.7 Å². The van der Waals surface area contributed by atoms with Crippen molar-refractivity contribution in [3.63, 3.8) is 0 Å². The summed E-state index contributed by atoms with van der Waals surface area (Å²) in [6, 6.07) is 11.4. The van der Waals surface area contributed by atoms with E-state index in [0.29, 0.717) is 16.6 Å². The summed E-state index contributed by atoms with van der Waals surface area (Å²) < 4.78 is 1.08. The Morgan fingerprint density at radius 1 is 1.05 bits per heavy atom. The van der Waals surface area contributed by atoms with Gasteiger partial charge in [0.25, 0.3) is 5.56 Å². The lowest BCUT2D eigenvalue weighted by Crippen LogP contribution is -2.33. The number of aromatic amines is 1. The molecule has 0 spiro atoms. The monoisotopic (exact) mass is 268 g/mol.